The Hall–Kier alpha value is -1.41. The number of thioether (sulfide) groups is 1. The van der Waals surface area contributed by atoms with Gasteiger partial charge in [-0.05, 0) is 48.8 Å². The lowest BCUT2D eigenvalue weighted by Gasteiger charge is -2.24. The summed E-state index contributed by atoms with van der Waals surface area (Å²) in [6, 6.07) is 4.93. The molecule has 3 fully saturated rings. The Labute approximate surface area is 175 Å². The van der Waals surface area contributed by atoms with Crippen LogP contribution in [0.2, 0.25) is 10.0 Å². The molecule has 5 nitrogen and oxygen atoms in total. The van der Waals surface area contributed by atoms with Crippen LogP contribution in [0.5, 0.6) is 0 Å². The molecule has 2 unspecified atom stereocenters. The van der Waals surface area contributed by atoms with Gasteiger partial charge in [-0.2, -0.15) is 10.0 Å². The number of hydrazine groups is 1. The molecular formula is C18H14Cl2N2O3S2. The molecule has 0 aromatic heterocycles. The molecule has 140 valence electrons. The highest BCUT2D eigenvalue weighted by molar-refractivity contribution is 8.26. The van der Waals surface area contributed by atoms with Gasteiger partial charge in [0.05, 0.1) is 16.7 Å². The summed E-state index contributed by atoms with van der Waals surface area (Å²) < 4.78 is 0.164. The summed E-state index contributed by atoms with van der Waals surface area (Å²) >= 11 is 18.4. The van der Waals surface area contributed by atoms with Crippen molar-refractivity contribution in [3.63, 3.8) is 0 Å². The van der Waals surface area contributed by atoms with E-state index in [4.69, 9.17) is 35.4 Å². The van der Waals surface area contributed by atoms with Crippen molar-refractivity contribution >= 4 is 75.3 Å². The summed E-state index contributed by atoms with van der Waals surface area (Å²) in [6.45, 7) is 0. The first kappa shape index (κ1) is 18.9. The van der Waals surface area contributed by atoms with Crippen molar-refractivity contribution in [2.45, 2.75) is 25.7 Å². The summed E-state index contributed by atoms with van der Waals surface area (Å²) in [6.07, 6.45) is 4.78. The minimum atomic E-state index is -0.489. The molecule has 3 aliphatic rings. The van der Waals surface area contributed by atoms with Crippen LogP contribution < -0.4 is 0 Å². The van der Waals surface area contributed by atoms with Crippen molar-refractivity contribution in [3.8, 4) is 0 Å². The van der Waals surface area contributed by atoms with Gasteiger partial charge in [0.25, 0.3) is 17.7 Å². The number of rotatable bonds is 2. The summed E-state index contributed by atoms with van der Waals surface area (Å²) in [5.74, 6) is -1.83. The van der Waals surface area contributed by atoms with Gasteiger partial charge < -0.3 is 0 Å². The predicted molar refractivity (Wildman–Crippen MR) is 109 cm³/mol. The van der Waals surface area contributed by atoms with Crippen LogP contribution in [0, 0.1) is 11.8 Å². The minimum absolute atomic E-state index is 0.164. The Morgan fingerprint density at radius 3 is 2.26 bits per heavy atom. The number of imide groups is 1. The fourth-order valence-electron chi connectivity index (χ4n) is 3.73. The maximum Gasteiger partial charge on any atom is 0.285 e. The number of hydrogen-bond acceptors (Lipinski definition) is 5. The lowest BCUT2D eigenvalue weighted by molar-refractivity contribution is -0.158. The topological polar surface area (TPSA) is 57.7 Å². The predicted octanol–water partition coefficient (Wildman–Crippen LogP) is 4.28. The zero-order valence-corrected chi connectivity index (χ0v) is 17.1. The van der Waals surface area contributed by atoms with Gasteiger partial charge in [0.2, 0.25) is 0 Å². The van der Waals surface area contributed by atoms with Crippen molar-refractivity contribution in [1.82, 2.24) is 10.0 Å². The number of fused-ring (bicyclic) bond motifs is 1. The minimum Gasteiger partial charge on any atom is -0.272 e. The molecule has 2 heterocycles. The highest BCUT2D eigenvalue weighted by atomic mass is 35.5. The standard InChI is InChI=1S/C18H14Cl2N2O3S2/c19-10-6-5-9(13(20)8-10)7-14-17(25)22(18(26)27-14)21-15(23)11-3-1-2-4-12(11)16(21)24/h5-8,11-12H,1-4H2/b14-7+. The molecule has 1 saturated carbocycles. The average molecular weight is 441 g/mol. The quantitative estimate of drug-likeness (QED) is 0.390. The number of benzene rings is 1. The second kappa shape index (κ2) is 7.20. The Morgan fingerprint density at radius 2 is 1.67 bits per heavy atom. The summed E-state index contributed by atoms with van der Waals surface area (Å²) in [7, 11) is 0. The van der Waals surface area contributed by atoms with Crippen molar-refractivity contribution in [2.24, 2.45) is 11.8 Å². The van der Waals surface area contributed by atoms with E-state index in [0.717, 1.165) is 34.6 Å². The Morgan fingerprint density at radius 1 is 1.04 bits per heavy atom. The van der Waals surface area contributed by atoms with E-state index in [1.807, 2.05) is 0 Å². The first-order valence-electron chi connectivity index (χ1n) is 8.49. The average Bonchev–Trinajstić information content (AvgIpc) is 3.04. The summed E-state index contributed by atoms with van der Waals surface area (Å²) in [5, 5.41) is 2.88. The smallest absolute Gasteiger partial charge is 0.272 e. The molecule has 1 aromatic carbocycles. The molecule has 2 atom stereocenters. The van der Waals surface area contributed by atoms with Crippen molar-refractivity contribution < 1.29 is 14.4 Å². The number of amides is 3. The number of carbonyl (C=O) groups excluding carboxylic acids is 3. The molecule has 1 aromatic rings. The molecule has 3 amide bonds. The van der Waals surface area contributed by atoms with Gasteiger partial charge in [-0.15, -0.1) is 0 Å². The number of hydrogen-bond donors (Lipinski definition) is 0. The van der Waals surface area contributed by atoms with Crippen LogP contribution in [0.1, 0.15) is 31.2 Å². The van der Waals surface area contributed by atoms with Crippen LogP contribution in [-0.4, -0.2) is 32.1 Å². The summed E-state index contributed by atoms with van der Waals surface area (Å²) in [4.78, 5) is 38.8. The maximum absolute atomic E-state index is 12.9. The molecule has 2 aliphatic heterocycles. The first-order valence-corrected chi connectivity index (χ1v) is 10.5. The number of carbonyl (C=O) groups is 3. The molecule has 0 bridgehead atoms. The lowest BCUT2D eigenvalue weighted by atomic mass is 9.81. The molecule has 27 heavy (non-hydrogen) atoms. The van der Waals surface area contributed by atoms with E-state index >= 15 is 0 Å². The van der Waals surface area contributed by atoms with Crippen LogP contribution >= 0.6 is 47.2 Å². The zero-order valence-electron chi connectivity index (χ0n) is 14.0. The SMILES string of the molecule is O=C1/C(=C\c2ccc(Cl)cc2Cl)SC(=S)N1N1C(=O)C2CCCCC2C1=O. The van der Waals surface area contributed by atoms with Gasteiger partial charge in [-0.3, -0.25) is 14.4 Å². The molecular weight excluding hydrogens is 427 g/mol. The number of thiocarbonyl (C=S) groups is 1. The Kier molecular flexibility index (Phi) is 5.05. The van der Waals surface area contributed by atoms with Gasteiger partial charge >= 0.3 is 0 Å². The van der Waals surface area contributed by atoms with Gasteiger partial charge in [0, 0.05) is 10.0 Å². The number of nitrogens with zero attached hydrogens (tertiary/aromatic N) is 2. The largest absolute Gasteiger partial charge is 0.285 e. The third-order valence-electron chi connectivity index (χ3n) is 5.04. The second-order valence-electron chi connectivity index (χ2n) is 6.65. The van der Waals surface area contributed by atoms with E-state index in [9.17, 15) is 14.4 Å². The van der Waals surface area contributed by atoms with E-state index in [1.165, 1.54) is 0 Å². The van der Waals surface area contributed by atoms with Crippen LogP contribution in [0.3, 0.4) is 0 Å². The number of halogens is 2. The van der Waals surface area contributed by atoms with Gasteiger partial charge in [0.15, 0.2) is 4.32 Å². The lowest BCUT2D eigenvalue weighted by Crippen LogP contribution is -2.49. The second-order valence-corrected chi connectivity index (χ2v) is 9.16. The third kappa shape index (κ3) is 3.20. The van der Waals surface area contributed by atoms with E-state index in [2.05, 4.69) is 0 Å². The highest BCUT2D eigenvalue weighted by Gasteiger charge is 2.54. The fourth-order valence-corrected chi connectivity index (χ4v) is 5.43. The van der Waals surface area contributed by atoms with Crippen molar-refractivity contribution in [2.75, 3.05) is 0 Å². The maximum atomic E-state index is 12.9. The Balaban J connectivity index is 1.64. The molecule has 2 saturated heterocycles. The normalized spacial score (nSPS) is 27.1. The van der Waals surface area contributed by atoms with E-state index in [1.54, 1.807) is 24.3 Å². The zero-order chi connectivity index (χ0) is 19.3. The van der Waals surface area contributed by atoms with E-state index in [0.29, 0.717) is 33.4 Å². The highest BCUT2D eigenvalue weighted by Crippen LogP contribution is 2.42. The van der Waals surface area contributed by atoms with Gasteiger partial charge in [0.1, 0.15) is 0 Å². The summed E-state index contributed by atoms with van der Waals surface area (Å²) in [5.41, 5.74) is 0.606. The van der Waals surface area contributed by atoms with E-state index in [-0.39, 0.29) is 28.0 Å². The molecule has 0 radical (unpaired) electrons. The van der Waals surface area contributed by atoms with Gasteiger partial charge in [-0.25, -0.2) is 0 Å². The van der Waals surface area contributed by atoms with Crippen LogP contribution in [0.15, 0.2) is 23.1 Å². The van der Waals surface area contributed by atoms with Crippen LogP contribution in [0.25, 0.3) is 6.08 Å². The molecule has 1 aliphatic carbocycles. The van der Waals surface area contributed by atoms with Crippen LogP contribution in [-0.2, 0) is 14.4 Å². The van der Waals surface area contributed by atoms with Crippen molar-refractivity contribution in [1.29, 1.82) is 0 Å². The van der Waals surface area contributed by atoms with Crippen molar-refractivity contribution in [3.05, 3.63) is 38.7 Å². The van der Waals surface area contributed by atoms with Crippen LogP contribution in [0.4, 0.5) is 0 Å². The monoisotopic (exact) mass is 440 g/mol. The fraction of sp³-hybridized carbons (Fsp3) is 0.333. The first-order chi connectivity index (χ1) is 12.9. The van der Waals surface area contributed by atoms with Gasteiger partial charge in [-0.1, -0.05) is 53.9 Å². The molecule has 0 spiro atoms. The molecule has 4 rings (SSSR count). The molecule has 0 N–H and O–H groups in total. The van der Waals surface area contributed by atoms with E-state index < -0.39 is 5.91 Å². The molecule has 9 heteroatoms. The Bertz CT molecular complexity index is 894. The third-order valence-corrected chi connectivity index (χ3v) is 6.89.